The largest absolute Gasteiger partial charge is 0.497 e. The van der Waals surface area contributed by atoms with Crippen molar-refractivity contribution in [1.29, 1.82) is 0 Å². The number of sulfonamides is 1. The zero-order chi connectivity index (χ0) is 18.7. The highest BCUT2D eigenvalue weighted by molar-refractivity contribution is 7.89. The van der Waals surface area contributed by atoms with Crippen LogP contribution in [-0.4, -0.2) is 50.5 Å². The van der Waals surface area contributed by atoms with Gasteiger partial charge in [-0.1, -0.05) is 0 Å². The Bertz CT molecular complexity index is 908. The number of fused-ring (bicyclic) bond motifs is 1. The third kappa shape index (κ3) is 3.57. The van der Waals surface area contributed by atoms with Crippen molar-refractivity contribution in [3.8, 4) is 11.5 Å². The SMILES string of the molecule is COc1ccc(S(=O)(=O)N2CCOc3ccc(C(=O)CO)cc3C2)cc1. The minimum Gasteiger partial charge on any atom is -0.497 e. The van der Waals surface area contributed by atoms with Crippen LogP contribution in [0.15, 0.2) is 47.4 Å². The van der Waals surface area contributed by atoms with E-state index in [0.29, 0.717) is 22.6 Å². The smallest absolute Gasteiger partial charge is 0.243 e. The van der Waals surface area contributed by atoms with E-state index in [1.165, 1.54) is 23.5 Å². The van der Waals surface area contributed by atoms with Crippen molar-refractivity contribution in [3.63, 3.8) is 0 Å². The highest BCUT2D eigenvalue weighted by atomic mass is 32.2. The number of Topliss-reactive ketones (excluding diaryl/α,β-unsaturated/α-hetero) is 1. The first-order valence-corrected chi connectivity index (χ1v) is 9.43. The van der Waals surface area contributed by atoms with Gasteiger partial charge in [0.05, 0.1) is 12.0 Å². The Morgan fingerprint density at radius 3 is 2.62 bits per heavy atom. The van der Waals surface area contributed by atoms with E-state index in [0.717, 1.165) is 0 Å². The summed E-state index contributed by atoms with van der Waals surface area (Å²) in [6.45, 7) is -0.133. The number of ether oxygens (including phenoxy) is 2. The molecular formula is C18H19NO6S. The highest BCUT2D eigenvalue weighted by Crippen LogP contribution is 2.28. The van der Waals surface area contributed by atoms with Gasteiger partial charge in [-0.3, -0.25) is 4.79 Å². The zero-order valence-electron chi connectivity index (χ0n) is 14.2. The van der Waals surface area contributed by atoms with E-state index in [4.69, 9.17) is 14.6 Å². The molecule has 0 saturated heterocycles. The van der Waals surface area contributed by atoms with Crippen LogP contribution in [0.3, 0.4) is 0 Å². The van der Waals surface area contributed by atoms with Crippen LogP contribution in [0, 0.1) is 0 Å². The number of ketones is 1. The van der Waals surface area contributed by atoms with Crippen LogP contribution < -0.4 is 9.47 Å². The summed E-state index contributed by atoms with van der Waals surface area (Å²) in [6.07, 6.45) is 0. The van der Waals surface area contributed by atoms with E-state index in [1.807, 2.05) is 0 Å². The molecule has 1 aliphatic rings. The number of nitrogens with zero attached hydrogens (tertiary/aromatic N) is 1. The molecule has 0 radical (unpaired) electrons. The summed E-state index contributed by atoms with van der Waals surface area (Å²) >= 11 is 0. The van der Waals surface area contributed by atoms with E-state index >= 15 is 0 Å². The van der Waals surface area contributed by atoms with Crippen molar-refractivity contribution in [2.45, 2.75) is 11.4 Å². The number of aliphatic hydroxyl groups excluding tert-OH is 1. The van der Waals surface area contributed by atoms with E-state index in [-0.39, 0.29) is 24.6 Å². The predicted molar refractivity (Wildman–Crippen MR) is 93.9 cm³/mol. The van der Waals surface area contributed by atoms with Crippen molar-refractivity contribution in [3.05, 3.63) is 53.6 Å². The third-order valence-corrected chi connectivity index (χ3v) is 6.03. The summed E-state index contributed by atoms with van der Waals surface area (Å²) in [5.74, 6) is 0.675. The second kappa shape index (κ2) is 7.45. The van der Waals surface area contributed by atoms with Crippen molar-refractivity contribution in [2.75, 3.05) is 26.9 Å². The monoisotopic (exact) mass is 377 g/mol. The molecule has 2 aromatic carbocycles. The van der Waals surface area contributed by atoms with Crippen molar-refractivity contribution in [2.24, 2.45) is 0 Å². The van der Waals surface area contributed by atoms with Crippen LogP contribution in [0.25, 0.3) is 0 Å². The van der Waals surface area contributed by atoms with Crippen LogP contribution in [0.5, 0.6) is 11.5 Å². The molecule has 0 aliphatic carbocycles. The van der Waals surface area contributed by atoms with Gasteiger partial charge < -0.3 is 14.6 Å². The summed E-state index contributed by atoms with van der Waals surface area (Å²) in [5, 5.41) is 9.02. The number of carbonyl (C=O) groups excluding carboxylic acids is 1. The fourth-order valence-corrected chi connectivity index (χ4v) is 4.14. The first kappa shape index (κ1) is 18.4. The van der Waals surface area contributed by atoms with Crippen LogP contribution >= 0.6 is 0 Å². The molecule has 138 valence electrons. The van der Waals surface area contributed by atoms with Gasteiger partial charge in [0.15, 0.2) is 5.78 Å². The van der Waals surface area contributed by atoms with Crippen LogP contribution in [-0.2, 0) is 16.6 Å². The van der Waals surface area contributed by atoms with Gasteiger partial charge in [0.25, 0.3) is 0 Å². The van der Waals surface area contributed by atoms with Gasteiger partial charge >= 0.3 is 0 Å². The molecule has 0 atom stereocenters. The van der Waals surface area contributed by atoms with Gasteiger partial charge in [-0.15, -0.1) is 0 Å². The number of methoxy groups -OCH3 is 1. The number of carbonyl (C=O) groups is 1. The molecule has 0 amide bonds. The molecule has 0 saturated carbocycles. The highest BCUT2D eigenvalue weighted by Gasteiger charge is 2.28. The second-order valence-electron chi connectivity index (χ2n) is 5.77. The Balaban J connectivity index is 1.92. The lowest BCUT2D eigenvalue weighted by molar-refractivity contribution is 0.0903. The maximum Gasteiger partial charge on any atom is 0.243 e. The fraction of sp³-hybridized carbons (Fsp3) is 0.278. The molecule has 7 nitrogen and oxygen atoms in total. The van der Waals surface area contributed by atoms with E-state index in [9.17, 15) is 13.2 Å². The van der Waals surface area contributed by atoms with Gasteiger partial charge in [-0.25, -0.2) is 8.42 Å². The molecule has 0 fully saturated rings. The molecule has 1 heterocycles. The zero-order valence-corrected chi connectivity index (χ0v) is 15.0. The van der Waals surface area contributed by atoms with Crippen molar-refractivity contribution >= 4 is 15.8 Å². The number of benzene rings is 2. The molecule has 1 aliphatic heterocycles. The molecule has 8 heteroatoms. The van der Waals surface area contributed by atoms with Crippen LogP contribution in [0.4, 0.5) is 0 Å². The normalized spacial score (nSPS) is 14.8. The molecule has 0 aromatic heterocycles. The quantitative estimate of drug-likeness (QED) is 0.793. The maximum atomic E-state index is 12.9. The standard InChI is InChI=1S/C18H19NO6S/c1-24-15-3-5-16(6-4-15)26(22,23)19-8-9-25-18-7-2-13(17(21)12-20)10-14(18)11-19/h2-7,10,20H,8-9,11-12H2,1H3. The summed E-state index contributed by atoms with van der Waals surface area (Å²) < 4.78 is 37.9. The minimum absolute atomic E-state index is 0.0796. The number of aliphatic hydroxyl groups is 1. The van der Waals surface area contributed by atoms with E-state index < -0.39 is 22.4 Å². The molecule has 3 rings (SSSR count). The lowest BCUT2D eigenvalue weighted by Gasteiger charge is -2.19. The fourth-order valence-electron chi connectivity index (χ4n) is 2.74. The Morgan fingerprint density at radius 2 is 1.96 bits per heavy atom. The lowest BCUT2D eigenvalue weighted by atomic mass is 10.1. The molecule has 26 heavy (non-hydrogen) atoms. The lowest BCUT2D eigenvalue weighted by Crippen LogP contribution is -2.32. The number of hydrogen-bond donors (Lipinski definition) is 1. The Hall–Kier alpha value is -2.42. The molecule has 2 aromatic rings. The molecule has 0 unspecified atom stereocenters. The van der Waals surface area contributed by atoms with Crippen molar-refractivity contribution in [1.82, 2.24) is 4.31 Å². The summed E-state index contributed by atoms with van der Waals surface area (Å²) in [5.41, 5.74) is 0.900. The molecule has 0 spiro atoms. The predicted octanol–water partition coefficient (Wildman–Crippen LogP) is 1.45. The first-order valence-electron chi connectivity index (χ1n) is 7.99. The van der Waals surface area contributed by atoms with E-state index in [1.54, 1.807) is 30.3 Å². The average molecular weight is 377 g/mol. The Morgan fingerprint density at radius 1 is 1.23 bits per heavy atom. The summed E-state index contributed by atoms with van der Waals surface area (Å²) in [6, 6.07) is 10.9. The van der Waals surface area contributed by atoms with Gasteiger partial charge in [0, 0.05) is 24.2 Å². The maximum absolute atomic E-state index is 12.9. The first-order chi connectivity index (χ1) is 12.5. The Labute approximate surface area is 151 Å². The number of hydrogen-bond acceptors (Lipinski definition) is 6. The van der Waals surface area contributed by atoms with Gasteiger partial charge in [-0.2, -0.15) is 4.31 Å². The topological polar surface area (TPSA) is 93.1 Å². The van der Waals surface area contributed by atoms with Gasteiger partial charge in [-0.05, 0) is 42.5 Å². The van der Waals surface area contributed by atoms with Crippen LogP contribution in [0.1, 0.15) is 15.9 Å². The molecular weight excluding hydrogens is 358 g/mol. The van der Waals surface area contributed by atoms with Crippen molar-refractivity contribution < 1.29 is 27.8 Å². The van der Waals surface area contributed by atoms with E-state index in [2.05, 4.69) is 0 Å². The Kier molecular flexibility index (Phi) is 5.26. The van der Waals surface area contributed by atoms with Crippen LogP contribution in [0.2, 0.25) is 0 Å². The summed E-state index contributed by atoms with van der Waals surface area (Å²) in [7, 11) is -2.22. The summed E-state index contributed by atoms with van der Waals surface area (Å²) in [4.78, 5) is 11.9. The van der Waals surface area contributed by atoms with Gasteiger partial charge in [0.1, 0.15) is 24.7 Å². The molecule has 1 N–H and O–H groups in total. The second-order valence-corrected chi connectivity index (χ2v) is 7.70. The van der Waals surface area contributed by atoms with Gasteiger partial charge in [0.2, 0.25) is 10.0 Å². The number of rotatable bonds is 5. The molecule has 0 bridgehead atoms. The third-order valence-electron chi connectivity index (χ3n) is 4.17. The average Bonchev–Trinajstić information content (AvgIpc) is 2.89. The minimum atomic E-state index is -3.73.